The van der Waals surface area contributed by atoms with Crippen molar-refractivity contribution in [2.45, 2.75) is 20.3 Å². The van der Waals surface area contributed by atoms with Gasteiger partial charge in [0.2, 0.25) is 5.88 Å². The molecule has 1 aromatic rings. The number of nitrogens with zero attached hydrogens (tertiary/aromatic N) is 2. The van der Waals surface area contributed by atoms with Gasteiger partial charge in [0.05, 0.1) is 19.8 Å². The van der Waals surface area contributed by atoms with Crippen molar-refractivity contribution < 1.29 is 14.2 Å². The number of ether oxygens (including phenoxy) is 3. The van der Waals surface area contributed by atoms with Crippen LogP contribution < -0.4 is 4.74 Å². The predicted octanol–water partition coefficient (Wildman–Crippen LogP) is 1.61. The normalized spacial score (nSPS) is 10.5. The summed E-state index contributed by atoms with van der Waals surface area (Å²) in [6.45, 7) is 7.05. The summed E-state index contributed by atoms with van der Waals surface area (Å²) >= 11 is 0. The highest BCUT2D eigenvalue weighted by Crippen LogP contribution is 2.04. The summed E-state index contributed by atoms with van der Waals surface area (Å²) < 4.78 is 16.0. The Kier molecular flexibility index (Phi) is 7.25. The second kappa shape index (κ2) is 8.90. The Bertz CT molecular complexity index is 308. The Hall–Kier alpha value is -1.20. The molecule has 0 N–H and O–H groups in total. The molecule has 0 radical (unpaired) electrons. The smallest absolute Gasteiger partial charge is 0.216 e. The lowest BCUT2D eigenvalue weighted by molar-refractivity contribution is 0.0360. The highest BCUT2D eigenvalue weighted by atomic mass is 16.5. The lowest BCUT2D eigenvalue weighted by atomic mass is 10.4. The van der Waals surface area contributed by atoms with Crippen LogP contribution in [0.5, 0.6) is 5.88 Å². The molecule has 0 aliphatic carbocycles. The fraction of sp³-hybridized carbons (Fsp3) is 0.667. The second-order valence-corrected chi connectivity index (χ2v) is 3.57. The Morgan fingerprint density at radius 2 is 1.71 bits per heavy atom. The van der Waals surface area contributed by atoms with Gasteiger partial charge in [0.25, 0.3) is 0 Å². The average Bonchev–Trinajstić information content (AvgIpc) is 2.33. The van der Waals surface area contributed by atoms with Crippen molar-refractivity contribution in [1.29, 1.82) is 0 Å². The maximum absolute atomic E-state index is 5.40. The molecule has 0 aliphatic heterocycles. The molecule has 0 aliphatic rings. The predicted molar refractivity (Wildman–Crippen MR) is 64.2 cm³/mol. The van der Waals surface area contributed by atoms with Gasteiger partial charge in [0.1, 0.15) is 12.9 Å². The lowest BCUT2D eigenvalue weighted by Gasteiger charge is -2.06. The van der Waals surface area contributed by atoms with Crippen molar-refractivity contribution in [3.05, 3.63) is 18.1 Å². The Morgan fingerprint density at radius 1 is 1.00 bits per heavy atom. The van der Waals surface area contributed by atoms with Crippen LogP contribution >= 0.6 is 0 Å². The molecular formula is C12H20N2O3. The van der Waals surface area contributed by atoms with Crippen molar-refractivity contribution >= 4 is 0 Å². The summed E-state index contributed by atoms with van der Waals surface area (Å²) in [7, 11) is 0. The summed E-state index contributed by atoms with van der Waals surface area (Å²) in [6, 6.07) is 1.80. The monoisotopic (exact) mass is 240 g/mol. The molecule has 0 saturated heterocycles. The maximum atomic E-state index is 5.40. The first kappa shape index (κ1) is 13.9. The van der Waals surface area contributed by atoms with E-state index >= 15 is 0 Å². The van der Waals surface area contributed by atoms with Crippen molar-refractivity contribution in [3.63, 3.8) is 0 Å². The minimum atomic E-state index is 0.490. The molecule has 5 nitrogen and oxygen atoms in total. The Morgan fingerprint density at radius 3 is 2.41 bits per heavy atom. The van der Waals surface area contributed by atoms with Crippen LogP contribution in [0.25, 0.3) is 0 Å². The van der Waals surface area contributed by atoms with Crippen molar-refractivity contribution in [2.24, 2.45) is 0 Å². The first-order valence-electron chi connectivity index (χ1n) is 5.90. The van der Waals surface area contributed by atoms with Crippen LogP contribution in [-0.4, -0.2) is 43.0 Å². The third-order valence-corrected chi connectivity index (χ3v) is 1.98. The topological polar surface area (TPSA) is 53.5 Å². The lowest BCUT2D eigenvalue weighted by Crippen LogP contribution is -2.11. The molecule has 0 fully saturated rings. The molecule has 0 atom stereocenters. The van der Waals surface area contributed by atoms with E-state index in [2.05, 4.69) is 16.9 Å². The first-order chi connectivity index (χ1) is 8.33. The van der Waals surface area contributed by atoms with Crippen LogP contribution in [0.4, 0.5) is 0 Å². The van der Waals surface area contributed by atoms with E-state index in [4.69, 9.17) is 14.2 Å². The second-order valence-electron chi connectivity index (χ2n) is 3.57. The molecule has 1 heterocycles. The fourth-order valence-electron chi connectivity index (χ4n) is 1.18. The minimum Gasteiger partial charge on any atom is -0.475 e. The SMILES string of the molecule is CCCOCCOCCOc1cc(C)ncn1. The number of hydrogen-bond acceptors (Lipinski definition) is 5. The van der Waals surface area contributed by atoms with Gasteiger partial charge >= 0.3 is 0 Å². The number of aryl methyl sites for hydroxylation is 1. The molecule has 0 amide bonds. The fourth-order valence-corrected chi connectivity index (χ4v) is 1.18. The first-order valence-corrected chi connectivity index (χ1v) is 5.90. The van der Waals surface area contributed by atoms with E-state index in [1.807, 2.05) is 6.92 Å². The van der Waals surface area contributed by atoms with Crippen molar-refractivity contribution in [3.8, 4) is 5.88 Å². The maximum Gasteiger partial charge on any atom is 0.216 e. The highest BCUT2D eigenvalue weighted by Gasteiger charge is 1.96. The summed E-state index contributed by atoms with van der Waals surface area (Å²) in [5, 5.41) is 0. The molecule has 5 heteroatoms. The van der Waals surface area contributed by atoms with E-state index in [1.165, 1.54) is 6.33 Å². The van der Waals surface area contributed by atoms with E-state index in [-0.39, 0.29) is 0 Å². The van der Waals surface area contributed by atoms with E-state index in [9.17, 15) is 0 Å². The molecule has 0 unspecified atom stereocenters. The molecule has 0 bridgehead atoms. The van der Waals surface area contributed by atoms with E-state index in [1.54, 1.807) is 6.07 Å². The summed E-state index contributed by atoms with van der Waals surface area (Å²) in [4.78, 5) is 7.97. The third kappa shape index (κ3) is 6.86. The highest BCUT2D eigenvalue weighted by molar-refractivity contribution is 5.11. The zero-order valence-corrected chi connectivity index (χ0v) is 10.5. The molecule has 0 saturated carbocycles. The molecular weight excluding hydrogens is 220 g/mol. The van der Waals surface area contributed by atoms with Gasteiger partial charge in [-0.2, -0.15) is 0 Å². The van der Waals surface area contributed by atoms with Gasteiger partial charge in [-0.05, 0) is 13.3 Å². The zero-order valence-electron chi connectivity index (χ0n) is 10.5. The minimum absolute atomic E-state index is 0.490. The molecule has 96 valence electrons. The number of aromatic nitrogens is 2. The van der Waals surface area contributed by atoms with Crippen molar-refractivity contribution in [1.82, 2.24) is 9.97 Å². The van der Waals surface area contributed by atoms with Gasteiger partial charge in [-0.25, -0.2) is 9.97 Å². The van der Waals surface area contributed by atoms with Crippen LogP contribution in [0.3, 0.4) is 0 Å². The van der Waals surface area contributed by atoms with E-state index < -0.39 is 0 Å². The van der Waals surface area contributed by atoms with Gasteiger partial charge in [-0.3, -0.25) is 0 Å². The van der Waals surface area contributed by atoms with E-state index in [0.717, 1.165) is 18.7 Å². The molecule has 17 heavy (non-hydrogen) atoms. The molecule has 1 aromatic heterocycles. The quantitative estimate of drug-likeness (QED) is 0.614. The number of rotatable bonds is 9. The summed E-state index contributed by atoms with van der Waals surface area (Å²) in [6.07, 6.45) is 2.53. The van der Waals surface area contributed by atoms with Gasteiger partial charge in [-0.15, -0.1) is 0 Å². The van der Waals surface area contributed by atoms with Gasteiger partial charge in [-0.1, -0.05) is 6.92 Å². The summed E-state index contributed by atoms with van der Waals surface area (Å²) in [5.41, 5.74) is 0.892. The Balaban J connectivity index is 1.97. The largest absolute Gasteiger partial charge is 0.475 e. The standard InChI is InChI=1S/C12H20N2O3/c1-3-4-15-5-6-16-7-8-17-12-9-11(2)13-10-14-12/h9-10H,3-8H2,1-2H3. The van der Waals surface area contributed by atoms with Gasteiger partial charge < -0.3 is 14.2 Å². The van der Waals surface area contributed by atoms with Crippen LogP contribution in [-0.2, 0) is 9.47 Å². The van der Waals surface area contributed by atoms with Crippen LogP contribution in [0.2, 0.25) is 0 Å². The van der Waals surface area contributed by atoms with Crippen LogP contribution in [0, 0.1) is 6.92 Å². The van der Waals surface area contributed by atoms with Crippen LogP contribution in [0.1, 0.15) is 19.0 Å². The third-order valence-electron chi connectivity index (χ3n) is 1.98. The molecule has 1 rings (SSSR count). The average molecular weight is 240 g/mol. The number of hydrogen-bond donors (Lipinski definition) is 0. The van der Waals surface area contributed by atoms with Gasteiger partial charge in [0.15, 0.2) is 0 Å². The summed E-state index contributed by atoms with van der Waals surface area (Å²) in [5.74, 6) is 0.586. The zero-order chi connectivity index (χ0) is 12.3. The Labute approximate surface area is 102 Å². The van der Waals surface area contributed by atoms with E-state index in [0.29, 0.717) is 32.3 Å². The molecule has 0 aromatic carbocycles. The van der Waals surface area contributed by atoms with Gasteiger partial charge in [0, 0.05) is 18.4 Å². The molecule has 0 spiro atoms. The van der Waals surface area contributed by atoms with Crippen molar-refractivity contribution in [2.75, 3.05) is 33.0 Å². The van der Waals surface area contributed by atoms with Crippen LogP contribution in [0.15, 0.2) is 12.4 Å².